The number of rotatable bonds is 5. The van der Waals surface area contributed by atoms with E-state index in [0.717, 1.165) is 12.1 Å². The highest BCUT2D eigenvalue weighted by atomic mass is 32.2. The number of anilines is 1. The molecule has 0 bridgehead atoms. The molecule has 2 aromatic carbocycles. The second kappa shape index (κ2) is 6.66. The van der Waals surface area contributed by atoms with Crippen molar-refractivity contribution in [2.75, 3.05) is 18.9 Å². The summed E-state index contributed by atoms with van der Waals surface area (Å²) in [7, 11) is -1.47. The van der Waals surface area contributed by atoms with Crippen molar-refractivity contribution in [3.63, 3.8) is 0 Å². The zero-order valence-corrected chi connectivity index (χ0v) is 13.2. The highest BCUT2D eigenvalue weighted by Gasteiger charge is 2.18. The second-order valence-electron chi connectivity index (χ2n) is 4.47. The van der Waals surface area contributed by atoms with Crippen LogP contribution in [0.5, 0.6) is 5.75 Å². The normalized spacial score (nSPS) is 10.9. The van der Waals surface area contributed by atoms with Crippen molar-refractivity contribution < 1.29 is 27.1 Å². The van der Waals surface area contributed by atoms with Gasteiger partial charge in [-0.05, 0) is 36.4 Å². The van der Waals surface area contributed by atoms with Gasteiger partial charge in [-0.1, -0.05) is 6.07 Å². The van der Waals surface area contributed by atoms with E-state index in [9.17, 15) is 17.6 Å². The van der Waals surface area contributed by atoms with Crippen LogP contribution in [0.2, 0.25) is 0 Å². The van der Waals surface area contributed by atoms with Gasteiger partial charge in [0.2, 0.25) is 0 Å². The zero-order chi connectivity index (χ0) is 17.0. The molecule has 2 aromatic rings. The SMILES string of the molecule is COC(=O)c1ccc(OC)c(NS(=O)(=O)c2cccc(F)c2)c1. The molecule has 122 valence electrons. The van der Waals surface area contributed by atoms with Crippen molar-refractivity contribution in [2.24, 2.45) is 0 Å². The van der Waals surface area contributed by atoms with E-state index in [1.165, 1.54) is 44.6 Å². The fourth-order valence-electron chi connectivity index (χ4n) is 1.87. The van der Waals surface area contributed by atoms with Crippen molar-refractivity contribution in [3.8, 4) is 5.75 Å². The Morgan fingerprint density at radius 3 is 2.48 bits per heavy atom. The Bertz CT molecular complexity index is 836. The number of sulfonamides is 1. The van der Waals surface area contributed by atoms with Gasteiger partial charge < -0.3 is 9.47 Å². The van der Waals surface area contributed by atoms with Gasteiger partial charge in [-0.2, -0.15) is 0 Å². The first kappa shape index (κ1) is 16.8. The standard InChI is InChI=1S/C15H14FNO5S/c1-21-14-7-6-10(15(18)22-2)8-13(14)17-23(19,20)12-5-3-4-11(16)9-12/h3-9,17H,1-2H3. The summed E-state index contributed by atoms with van der Waals surface area (Å²) in [6.45, 7) is 0. The average molecular weight is 339 g/mol. The Kier molecular flexibility index (Phi) is 4.85. The van der Waals surface area contributed by atoms with Crippen LogP contribution in [-0.2, 0) is 14.8 Å². The van der Waals surface area contributed by atoms with E-state index in [0.29, 0.717) is 0 Å². The average Bonchev–Trinajstić information content (AvgIpc) is 2.53. The summed E-state index contributed by atoms with van der Waals surface area (Å²) in [6, 6.07) is 8.70. The summed E-state index contributed by atoms with van der Waals surface area (Å²) in [5.41, 5.74) is 0.185. The largest absolute Gasteiger partial charge is 0.495 e. The first-order chi connectivity index (χ1) is 10.9. The minimum atomic E-state index is -4.04. The van der Waals surface area contributed by atoms with E-state index in [1.54, 1.807) is 0 Å². The van der Waals surface area contributed by atoms with E-state index in [-0.39, 0.29) is 21.9 Å². The maximum atomic E-state index is 13.2. The number of ether oxygens (including phenoxy) is 2. The summed E-state index contributed by atoms with van der Waals surface area (Å²) in [4.78, 5) is 11.3. The highest BCUT2D eigenvalue weighted by molar-refractivity contribution is 7.92. The third kappa shape index (κ3) is 3.78. The first-order valence-electron chi connectivity index (χ1n) is 6.42. The Labute approximate surface area is 132 Å². The number of carbonyl (C=O) groups is 1. The monoisotopic (exact) mass is 339 g/mol. The van der Waals surface area contributed by atoms with Gasteiger partial charge in [0.15, 0.2) is 0 Å². The molecule has 0 aliphatic heterocycles. The Morgan fingerprint density at radius 1 is 1.13 bits per heavy atom. The van der Waals surface area contributed by atoms with Gasteiger partial charge in [-0.25, -0.2) is 17.6 Å². The number of methoxy groups -OCH3 is 2. The summed E-state index contributed by atoms with van der Waals surface area (Å²) < 4.78 is 49.8. The lowest BCUT2D eigenvalue weighted by atomic mass is 10.2. The van der Waals surface area contributed by atoms with Crippen LogP contribution >= 0.6 is 0 Å². The predicted octanol–water partition coefficient (Wildman–Crippen LogP) is 2.42. The summed E-state index contributed by atoms with van der Waals surface area (Å²) in [5.74, 6) is -1.10. The molecular formula is C15H14FNO5S. The number of hydrogen-bond acceptors (Lipinski definition) is 5. The molecule has 0 aromatic heterocycles. The van der Waals surface area contributed by atoms with Crippen LogP contribution < -0.4 is 9.46 Å². The molecule has 0 amide bonds. The number of hydrogen-bond donors (Lipinski definition) is 1. The van der Waals surface area contributed by atoms with E-state index >= 15 is 0 Å². The number of benzene rings is 2. The van der Waals surface area contributed by atoms with Gasteiger partial charge in [0.1, 0.15) is 11.6 Å². The summed E-state index contributed by atoms with van der Waals surface area (Å²) in [6.07, 6.45) is 0. The quantitative estimate of drug-likeness (QED) is 0.846. The third-order valence-electron chi connectivity index (χ3n) is 2.97. The summed E-state index contributed by atoms with van der Waals surface area (Å²) in [5, 5.41) is 0. The molecule has 0 saturated heterocycles. The number of carbonyl (C=O) groups excluding carboxylic acids is 1. The van der Waals surface area contributed by atoms with Crippen molar-refractivity contribution in [3.05, 3.63) is 53.8 Å². The van der Waals surface area contributed by atoms with Gasteiger partial charge in [-0.3, -0.25) is 4.72 Å². The predicted molar refractivity (Wildman–Crippen MR) is 81.5 cm³/mol. The van der Waals surface area contributed by atoms with E-state index in [4.69, 9.17) is 4.74 Å². The Morgan fingerprint density at radius 2 is 1.87 bits per heavy atom. The van der Waals surface area contributed by atoms with Gasteiger partial charge in [0, 0.05) is 0 Å². The minimum Gasteiger partial charge on any atom is -0.495 e. The molecule has 0 radical (unpaired) electrons. The third-order valence-corrected chi connectivity index (χ3v) is 4.33. The number of esters is 1. The van der Waals surface area contributed by atoms with Crippen LogP contribution in [0.4, 0.5) is 10.1 Å². The lowest BCUT2D eigenvalue weighted by molar-refractivity contribution is 0.0600. The molecular weight excluding hydrogens is 325 g/mol. The van der Waals surface area contributed by atoms with Crippen molar-refractivity contribution in [2.45, 2.75) is 4.90 Å². The van der Waals surface area contributed by atoms with Gasteiger partial charge >= 0.3 is 5.97 Å². The van der Waals surface area contributed by atoms with Gasteiger partial charge in [0.05, 0.1) is 30.4 Å². The van der Waals surface area contributed by atoms with Crippen LogP contribution in [-0.4, -0.2) is 28.6 Å². The first-order valence-corrected chi connectivity index (χ1v) is 7.90. The fourth-order valence-corrected chi connectivity index (χ4v) is 2.96. The molecule has 2 rings (SSSR count). The van der Waals surface area contributed by atoms with Crippen molar-refractivity contribution >= 4 is 21.7 Å². The van der Waals surface area contributed by atoms with Gasteiger partial charge in [0.25, 0.3) is 10.0 Å². The van der Waals surface area contributed by atoms with Crippen LogP contribution in [0, 0.1) is 5.82 Å². The summed E-state index contributed by atoms with van der Waals surface area (Å²) >= 11 is 0. The lowest BCUT2D eigenvalue weighted by Gasteiger charge is -2.13. The zero-order valence-electron chi connectivity index (χ0n) is 12.4. The molecule has 23 heavy (non-hydrogen) atoms. The van der Waals surface area contributed by atoms with Crippen molar-refractivity contribution in [1.29, 1.82) is 0 Å². The molecule has 0 aliphatic rings. The van der Waals surface area contributed by atoms with E-state index < -0.39 is 21.8 Å². The van der Waals surface area contributed by atoms with E-state index in [2.05, 4.69) is 9.46 Å². The molecule has 1 N–H and O–H groups in total. The molecule has 0 spiro atoms. The molecule has 0 heterocycles. The van der Waals surface area contributed by atoms with Gasteiger partial charge in [-0.15, -0.1) is 0 Å². The van der Waals surface area contributed by atoms with Crippen LogP contribution in [0.3, 0.4) is 0 Å². The smallest absolute Gasteiger partial charge is 0.337 e. The molecule has 0 fully saturated rings. The molecule has 0 aliphatic carbocycles. The number of halogens is 1. The number of nitrogens with one attached hydrogen (secondary N) is 1. The minimum absolute atomic E-state index is 0.0414. The highest BCUT2D eigenvalue weighted by Crippen LogP contribution is 2.28. The molecule has 0 unspecified atom stereocenters. The van der Waals surface area contributed by atoms with Crippen LogP contribution in [0.15, 0.2) is 47.4 Å². The Hall–Kier alpha value is -2.61. The van der Waals surface area contributed by atoms with Crippen molar-refractivity contribution in [1.82, 2.24) is 0 Å². The topological polar surface area (TPSA) is 81.7 Å². The fraction of sp³-hybridized carbons (Fsp3) is 0.133. The molecule has 8 heteroatoms. The molecule has 0 saturated carbocycles. The molecule has 0 atom stereocenters. The maximum absolute atomic E-state index is 13.2. The van der Waals surface area contributed by atoms with E-state index in [1.807, 2.05) is 0 Å². The van der Waals surface area contributed by atoms with Crippen LogP contribution in [0.1, 0.15) is 10.4 Å². The molecule has 6 nitrogen and oxygen atoms in total. The lowest BCUT2D eigenvalue weighted by Crippen LogP contribution is -2.14. The van der Waals surface area contributed by atoms with Crippen LogP contribution in [0.25, 0.3) is 0 Å². The second-order valence-corrected chi connectivity index (χ2v) is 6.15. The maximum Gasteiger partial charge on any atom is 0.337 e. The Balaban J connectivity index is 2.43.